The largest absolute Gasteiger partial charge is 0.482 e. The zero-order valence-corrected chi connectivity index (χ0v) is 17.6. The van der Waals surface area contributed by atoms with Crippen molar-refractivity contribution in [2.75, 3.05) is 17.2 Å². The summed E-state index contributed by atoms with van der Waals surface area (Å²) in [6.45, 7) is 6.59. The van der Waals surface area contributed by atoms with Crippen molar-refractivity contribution in [2.45, 2.75) is 27.3 Å². The number of aryl methyl sites for hydroxylation is 2. The lowest BCUT2D eigenvalue weighted by Crippen LogP contribution is -2.20. The molecule has 0 aliphatic heterocycles. The van der Waals surface area contributed by atoms with Crippen molar-refractivity contribution < 1.29 is 9.53 Å². The van der Waals surface area contributed by atoms with E-state index in [1.165, 1.54) is 5.56 Å². The first-order valence-corrected chi connectivity index (χ1v) is 9.88. The van der Waals surface area contributed by atoms with Crippen molar-refractivity contribution in [1.29, 1.82) is 0 Å². The van der Waals surface area contributed by atoms with Gasteiger partial charge in [0.05, 0.1) is 5.02 Å². The highest BCUT2D eigenvalue weighted by Crippen LogP contribution is 2.26. The Morgan fingerprint density at radius 1 is 1.00 bits per heavy atom. The van der Waals surface area contributed by atoms with E-state index in [0.717, 1.165) is 28.1 Å². The normalized spacial score (nSPS) is 10.5. The summed E-state index contributed by atoms with van der Waals surface area (Å²) in [5.41, 5.74) is 6.27. The number of carbonyl (C=O) groups is 1. The summed E-state index contributed by atoms with van der Waals surface area (Å²) in [7, 11) is 0. The minimum atomic E-state index is -0.222. The van der Waals surface area contributed by atoms with Crippen molar-refractivity contribution in [2.24, 2.45) is 0 Å². The van der Waals surface area contributed by atoms with Crippen molar-refractivity contribution in [3.05, 3.63) is 87.9 Å². The molecule has 0 saturated carbocycles. The molecule has 0 unspecified atom stereocenters. The van der Waals surface area contributed by atoms with Crippen LogP contribution >= 0.6 is 11.6 Å². The number of halogens is 1. The summed E-state index contributed by atoms with van der Waals surface area (Å²) in [5.74, 6) is 0.266. The molecular formula is C24H25ClN2O2. The van der Waals surface area contributed by atoms with Gasteiger partial charge in [0.2, 0.25) is 0 Å². The van der Waals surface area contributed by atoms with Gasteiger partial charge >= 0.3 is 0 Å². The summed E-state index contributed by atoms with van der Waals surface area (Å²) >= 11 is 6.34. The Kier molecular flexibility index (Phi) is 6.78. The van der Waals surface area contributed by atoms with Gasteiger partial charge in [-0.2, -0.15) is 0 Å². The van der Waals surface area contributed by atoms with Crippen LogP contribution < -0.4 is 15.4 Å². The third kappa shape index (κ3) is 5.75. The molecule has 2 N–H and O–H groups in total. The summed E-state index contributed by atoms with van der Waals surface area (Å²) < 4.78 is 5.61. The molecule has 0 aliphatic carbocycles. The zero-order chi connectivity index (χ0) is 20.8. The minimum Gasteiger partial charge on any atom is -0.482 e. The van der Waals surface area contributed by atoms with E-state index in [4.69, 9.17) is 16.3 Å². The van der Waals surface area contributed by atoms with Crippen LogP contribution in [0.5, 0.6) is 5.75 Å². The van der Waals surface area contributed by atoms with Crippen LogP contribution in [0.3, 0.4) is 0 Å². The Morgan fingerprint density at radius 2 is 1.76 bits per heavy atom. The van der Waals surface area contributed by atoms with Crippen LogP contribution in [0.4, 0.5) is 11.4 Å². The predicted molar refractivity (Wildman–Crippen MR) is 120 cm³/mol. The summed E-state index contributed by atoms with van der Waals surface area (Å²) in [6, 6.07) is 19.6. The molecule has 1 amide bonds. The molecule has 29 heavy (non-hydrogen) atoms. The fraction of sp³-hybridized carbons (Fsp3) is 0.208. The Morgan fingerprint density at radius 3 is 2.48 bits per heavy atom. The van der Waals surface area contributed by atoms with Crippen LogP contribution in [-0.4, -0.2) is 12.5 Å². The molecule has 0 aliphatic rings. The zero-order valence-electron chi connectivity index (χ0n) is 16.9. The molecule has 3 aromatic carbocycles. The minimum absolute atomic E-state index is 0.103. The number of carbonyl (C=O) groups excluding carboxylic acids is 1. The van der Waals surface area contributed by atoms with Crippen LogP contribution in [0.1, 0.15) is 22.3 Å². The van der Waals surface area contributed by atoms with Gasteiger partial charge in [0.1, 0.15) is 5.75 Å². The fourth-order valence-electron chi connectivity index (χ4n) is 2.86. The molecule has 0 radical (unpaired) electrons. The Bertz CT molecular complexity index is 1000. The smallest absolute Gasteiger partial charge is 0.262 e. The number of nitrogens with one attached hydrogen (secondary N) is 2. The second-order valence-corrected chi connectivity index (χ2v) is 7.48. The Labute approximate surface area is 176 Å². The maximum absolute atomic E-state index is 12.2. The van der Waals surface area contributed by atoms with Crippen molar-refractivity contribution in [3.8, 4) is 5.75 Å². The maximum atomic E-state index is 12.2. The van der Waals surface area contributed by atoms with Crippen LogP contribution in [0.2, 0.25) is 5.02 Å². The highest BCUT2D eigenvalue weighted by Gasteiger charge is 2.09. The van der Waals surface area contributed by atoms with Crippen molar-refractivity contribution >= 4 is 28.9 Å². The number of rotatable bonds is 7. The lowest BCUT2D eigenvalue weighted by atomic mass is 10.1. The van der Waals surface area contributed by atoms with Gasteiger partial charge < -0.3 is 15.4 Å². The van der Waals surface area contributed by atoms with E-state index < -0.39 is 0 Å². The van der Waals surface area contributed by atoms with Gasteiger partial charge in [0.25, 0.3) is 5.91 Å². The second kappa shape index (κ2) is 9.48. The summed E-state index contributed by atoms with van der Waals surface area (Å²) in [4.78, 5) is 12.2. The first-order chi connectivity index (χ1) is 13.9. The molecule has 3 aromatic rings. The van der Waals surface area contributed by atoms with Crippen LogP contribution in [-0.2, 0) is 11.3 Å². The topological polar surface area (TPSA) is 50.4 Å². The molecule has 5 heteroatoms. The molecule has 0 fully saturated rings. The first kappa shape index (κ1) is 20.7. The summed E-state index contributed by atoms with van der Waals surface area (Å²) in [5, 5.41) is 6.72. The van der Waals surface area contributed by atoms with Gasteiger partial charge in [-0.05, 0) is 67.8 Å². The van der Waals surface area contributed by atoms with E-state index in [9.17, 15) is 4.79 Å². The Balaban J connectivity index is 1.54. The number of hydrogen-bond donors (Lipinski definition) is 2. The molecule has 0 saturated heterocycles. The molecular weight excluding hydrogens is 384 g/mol. The molecule has 150 valence electrons. The van der Waals surface area contributed by atoms with Gasteiger partial charge in [0, 0.05) is 17.9 Å². The molecule has 4 nitrogen and oxygen atoms in total. The monoisotopic (exact) mass is 408 g/mol. The molecule has 0 spiro atoms. The molecule has 0 bridgehead atoms. The van der Waals surface area contributed by atoms with Crippen LogP contribution in [0.25, 0.3) is 0 Å². The van der Waals surface area contributed by atoms with Gasteiger partial charge in [0.15, 0.2) is 6.61 Å². The average Bonchev–Trinajstić information content (AvgIpc) is 2.70. The molecule has 0 atom stereocenters. The second-order valence-electron chi connectivity index (χ2n) is 7.07. The third-order valence-corrected chi connectivity index (χ3v) is 5.08. The van der Waals surface area contributed by atoms with Crippen molar-refractivity contribution in [1.82, 2.24) is 0 Å². The van der Waals surface area contributed by atoms with Gasteiger partial charge in [-0.25, -0.2) is 0 Å². The maximum Gasteiger partial charge on any atom is 0.262 e. The number of hydrogen-bond acceptors (Lipinski definition) is 3. The number of anilines is 2. The SMILES string of the molecule is Cc1ccc(NCc2ccc(OCC(=O)Nc3cccc(C)c3C)c(Cl)c2)cc1. The highest BCUT2D eigenvalue weighted by molar-refractivity contribution is 6.32. The molecule has 3 rings (SSSR count). The van der Waals surface area contributed by atoms with E-state index in [-0.39, 0.29) is 12.5 Å². The lowest BCUT2D eigenvalue weighted by Gasteiger charge is -2.12. The van der Waals surface area contributed by atoms with E-state index >= 15 is 0 Å². The van der Waals surface area contributed by atoms with E-state index in [0.29, 0.717) is 17.3 Å². The predicted octanol–water partition coefficient (Wildman–Crippen LogP) is 5.89. The standard InChI is InChI=1S/C24H25ClN2O2/c1-16-7-10-20(11-8-16)26-14-19-9-12-23(21(25)13-19)29-15-24(28)27-22-6-4-5-17(2)18(22)3/h4-13,26H,14-15H2,1-3H3,(H,27,28). The third-order valence-electron chi connectivity index (χ3n) is 4.78. The van der Waals surface area contributed by atoms with E-state index in [1.807, 2.05) is 56.3 Å². The van der Waals surface area contributed by atoms with Crippen LogP contribution in [0, 0.1) is 20.8 Å². The highest BCUT2D eigenvalue weighted by atomic mass is 35.5. The lowest BCUT2D eigenvalue weighted by molar-refractivity contribution is -0.118. The fourth-order valence-corrected chi connectivity index (χ4v) is 3.12. The molecule has 0 heterocycles. The van der Waals surface area contributed by atoms with E-state index in [2.05, 4.69) is 29.7 Å². The molecule has 0 aromatic heterocycles. The average molecular weight is 409 g/mol. The number of amides is 1. The number of ether oxygens (including phenoxy) is 1. The summed E-state index contributed by atoms with van der Waals surface area (Å²) in [6.07, 6.45) is 0. The number of benzene rings is 3. The van der Waals surface area contributed by atoms with E-state index in [1.54, 1.807) is 6.07 Å². The van der Waals surface area contributed by atoms with Gasteiger partial charge in [-0.1, -0.05) is 47.5 Å². The van der Waals surface area contributed by atoms with Crippen molar-refractivity contribution in [3.63, 3.8) is 0 Å². The van der Waals surface area contributed by atoms with Gasteiger partial charge in [-0.3, -0.25) is 4.79 Å². The quantitative estimate of drug-likeness (QED) is 0.512. The van der Waals surface area contributed by atoms with Crippen LogP contribution in [0.15, 0.2) is 60.7 Å². The Hall–Kier alpha value is -2.98. The first-order valence-electron chi connectivity index (χ1n) is 9.50. The van der Waals surface area contributed by atoms with Gasteiger partial charge in [-0.15, -0.1) is 0 Å².